The summed E-state index contributed by atoms with van der Waals surface area (Å²) >= 11 is 5.84. The number of carbonyl (C=O) groups excluding carboxylic acids is 2. The molecular formula is C17H24ClN3O2. The Morgan fingerprint density at radius 3 is 2.17 bits per heavy atom. The van der Waals surface area contributed by atoms with E-state index in [0.29, 0.717) is 36.8 Å². The highest BCUT2D eigenvalue weighted by Gasteiger charge is 2.29. The third-order valence-electron chi connectivity index (χ3n) is 4.51. The van der Waals surface area contributed by atoms with Crippen molar-refractivity contribution in [1.82, 2.24) is 9.80 Å². The predicted molar refractivity (Wildman–Crippen MR) is 91.4 cm³/mol. The normalized spacial score (nSPS) is 17.7. The lowest BCUT2D eigenvalue weighted by Gasteiger charge is -2.36. The topological polar surface area (TPSA) is 66.6 Å². The molecule has 1 fully saturated rings. The first-order chi connectivity index (χ1) is 10.9. The molecule has 5 nitrogen and oxygen atoms in total. The van der Waals surface area contributed by atoms with E-state index in [2.05, 4.69) is 0 Å². The van der Waals surface area contributed by atoms with Crippen LogP contribution in [0.15, 0.2) is 24.3 Å². The van der Waals surface area contributed by atoms with E-state index >= 15 is 0 Å². The number of benzene rings is 1. The molecule has 0 saturated carbocycles. The van der Waals surface area contributed by atoms with Gasteiger partial charge in [0.25, 0.3) is 5.91 Å². The molecule has 2 amide bonds. The van der Waals surface area contributed by atoms with Gasteiger partial charge in [-0.1, -0.05) is 31.9 Å². The maximum Gasteiger partial charge on any atom is 0.253 e. The SMILES string of the molecule is CCC(C)C(N)C(=O)N1CCN(C(=O)c2ccc(Cl)cc2)CC1. The van der Waals surface area contributed by atoms with Gasteiger partial charge in [0.1, 0.15) is 0 Å². The van der Waals surface area contributed by atoms with E-state index in [9.17, 15) is 9.59 Å². The zero-order valence-corrected chi connectivity index (χ0v) is 14.4. The molecule has 0 aliphatic carbocycles. The van der Waals surface area contributed by atoms with E-state index in [-0.39, 0.29) is 17.7 Å². The minimum Gasteiger partial charge on any atom is -0.338 e. The zero-order chi connectivity index (χ0) is 17.0. The summed E-state index contributed by atoms with van der Waals surface area (Å²) in [6, 6.07) is 6.40. The number of carbonyl (C=O) groups is 2. The Bertz CT molecular complexity index is 553. The van der Waals surface area contributed by atoms with E-state index in [1.165, 1.54) is 0 Å². The smallest absolute Gasteiger partial charge is 0.253 e. The summed E-state index contributed by atoms with van der Waals surface area (Å²) < 4.78 is 0. The lowest BCUT2D eigenvalue weighted by Crippen LogP contribution is -2.55. The number of hydrogen-bond acceptors (Lipinski definition) is 3. The lowest BCUT2D eigenvalue weighted by atomic mass is 9.98. The number of piperazine rings is 1. The molecule has 2 atom stereocenters. The van der Waals surface area contributed by atoms with Crippen molar-refractivity contribution in [1.29, 1.82) is 0 Å². The molecule has 0 radical (unpaired) electrons. The molecule has 1 saturated heterocycles. The number of nitrogens with two attached hydrogens (primary N) is 1. The van der Waals surface area contributed by atoms with Gasteiger partial charge in [0.2, 0.25) is 5.91 Å². The van der Waals surface area contributed by atoms with E-state index in [1.54, 1.807) is 34.1 Å². The fraction of sp³-hybridized carbons (Fsp3) is 0.529. The van der Waals surface area contributed by atoms with Gasteiger partial charge in [0.15, 0.2) is 0 Å². The quantitative estimate of drug-likeness (QED) is 0.913. The van der Waals surface area contributed by atoms with Gasteiger partial charge in [-0.3, -0.25) is 9.59 Å². The van der Waals surface area contributed by atoms with Gasteiger partial charge in [0.05, 0.1) is 6.04 Å². The van der Waals surface area contributed by atoms with Crippen molar-refractivity contribution in [3.05, 3.63) is 34.9 Å². The van der Waals surface area contributed by atoms with E-state index in [1.807, 2.05) is 13.8 Å². The first-order valence-corrected chi connectivity index (χ1v) is 8.41. The number of nitrogens with zero attached hydrogens (tertiary/aromatic N) is 2. The van der Waals surface area contributed by atoms with E-state index in [4.69, 9.17) is 17.3 Å². The summed E-state index contributed by atoms with van der Waals surface area (Å²) in [5.74, 6) is 0.120. The van der Waals surface area contributed by atoms with Crippen LogP contribution < -0.4 is 5.73 Å². The van der Waals surface area contributed by atoms with Crippen molar-refractivity contribution in [2.45, 2.75) is 26.3 Å². The average molecular weight is 338 g/mol. The molecular weight excluding hydrogens is 314 g/mol. The molecule has 126 valence electrons. The second-order valence-electron chi connectivity index (χ2n) is 6.04. The van der Waals surface area contributed by atoms with Crippen LogP contribution in [0, 0.1) is 5.92 Å². The van der Waals surface area contributed by atoms with Gasteiger partial charge >= 0.3 is 0 Å². The second kappa shape index (κ2) is 7.79. The zero-order valence-electron chi connectivity index (χ0n) is 13.7. The summed E-state index contributed by atoms with van der Waals surface area (Å²) in [5.41, 5.74) is 6.63. The third kappa shape index (κ3) is 4.24. The van der Waals surface area contributed by atoms with E-state index < -0.39 is 6.04 Å². The van der Waals surface area contributed by atoms with Gasteiger partial charge in [-0.15, -0.1) is 0 Å². The minimum absolute atomic E-state index is 0.0158. The van der Waals surface area contributed by atoms with Crippen molar-refractivity contribution in [3.63, 3.8) is 0 Å². The van der Waals surface area contributed by atoms with Crippen molar-refractivity contribution in [3.8, 4) is 0 Å². The Hall–Kier alpha value is -1.59. The van der Waals surface area contributed by atoms with Crippen LogP contribution in [0.2, 0.25) is 5.02 Å². The van der Waals surface area contributed by atoms with Gasteiger partial charge in [-0.2, -0.15) is 0 Å². The summed E-state index contributed by atoms with van der Waals surface area (Å²) in [6.07, 6.45) is 0.877. The molecule has 2 unspecified atom stereocenters. The summed E-state index contributed by atoms with van der Waals surface area (Å²) in [7, 11) is 0. The van der Waals surface area contributed by atoms with Crippen LogP contribution in [-0.4, -0.2) is 53.8 Å². The molecule has 0 spiro atoms. The number of rotatable bonds is 4. The fourth-order valence-electron chi connectivity index (χ4n) is 2.61. The Kier molecular flexibility index (Phi) is 6.02. The molecule has 1 aromatic carbocycles. The van der Waals surface area contributed by atoms with Crippen LogP contribution in [-0.2, 0) is 4.79 Å². The molecule has 0 aromatic heterocycles. The Balaban J connectivity index is 1.92. The van der Waals surface area contributed by atoms with E-state index in [0.717, 1.165) is 6.42 Å². The highest BCUT2D eigenvalue weighted by molar-refractivity contribution is 6.30. The standard InChI is InChI=1S/C17H24ClN3O2/c1-3-12(2)15(19)17(23)21-10-8-20(9-11-21)16(22)13-4-6-14(18)7-5-13/h4-7,12,15H,3,8-11,19H2,1-2H3. The summed E-state index contributed by atoms with van der Waals surface area (Å²) in [6.45, 7) is 6.13. The monoisotopic (exact) mass is 337 g/mol. The molecule has 2 rings (SSSR count). The Morgan fingerprint density at radius 1 is 1.13 bits per heavy atom. The van der Waals surface area contributed by atoms with Gasteiger partial charge in [-0.05, 0) is 30.2 Å². The highest BCUT2D eigenvalue weighted by atomic mass is 35.5. The third-order valence-corrected chi connectivity index (χ3v) is 4.76. The van der Waals surface area contributed by atoms with Crippen LogP contribution in [0.1, 0.15) is 30.6 Å². The lowest BCUT2D eigenvalue weighted by molar-refractivity contribution is -0.135. The molecule has 6 heteroatoms. The molecule has 23 heavy (non-hydrogen) atoms. The summed E-state index contributed by atoms with van der Waals surface area (Å²) in [5, 5.41) is 0.607. The molecule has 0 bridgehead atoms. The number of halogens is 1. The predicted octanol–water partition coefficient (Wildman–Crippen LogP) is 2.00. The van der Waals surface area contributed by atoms with Crippen LogP contribution in [0.4, 0.5) is 0 Å². The molecule has 1 aliphatic heterocycles. The Morgan fingerprint density at radius 2 is 1.65 bits per heavy atom. The molecule has 2 N–H and O–H groups in total. The maximum atomic E-state index is 12.4. The number of amides is 2. The fourth-order valence-corrected chi connectivity index (χ4v) is 2.74. The second-order valence-corrected chi connectivity index (χ2v) is 6.47. The molecule has 1 heterocycles. The van der Waals surface area contributed by atoms with Gasteiger partial charge in [0, 0.05) is 36.8 Å². The average Bonchev–Trinajstić information content (AvgIpc) is 2.60. The van der Waals surface area contributed by atoms with Crippen molar-refractivity contribution >= 4 is 23.4 Å². The van der Waals surface area contributed by atoms with Crippen LogP contribution in [0.3, 0.4) is 0 Å². The highest BCUT2D eigenvalue weighted by Crippen LogP contribution is 2.14. The van der Waals surface area contributed by atoms with Crippen LogP contribution >= 0.6 is 11.6 Å². The first-order valence-electron chi connectivity index (χ1n) is 8.03. The van der Waals surface area contributed by atoms with Crippen LogP contribution in [0.5, 0.6) is 0 Å². The molecule has 1 aliphatic rings. The minimum atomic E-state index is -0.460. The summed E-state index contributed by atoms with van der Waals surface area (Å²) in [4.78, 5) is 28.3. The largest absolute Gasteiger partial charge is 0.338 e. The first kappa shape index (κ1) is 17.8. The van der Waals surface area contributed by atoms with Gasteiger partial charge < -0.3 is 15.5 Å². The maximum absolute atomic E-state index is 12.4. The number of hydrogen-bond donors (Lipinski definition) is 1. The van der Waals surface area contributed by atoms with Crippen molar-refractivity contribution in [2.24, 2.45) is 11.7 Å². The van der Waals surface area contributed by atoms with Gasteiger partial charge in [-0.25, -0.2) is 0 Å². The molecule has 1 aromatic rings. The van der Waals surface area contributed by atoms with Crippen molar-refractivity contribution < 1.29 is 9.59 Å². The van der Waals surface area contributed by atoms with Crippen LogP contribution in [0.25, 0.3) is 0 Å². The van der Waals surface area contributed by atoms with Crippen molar-refractivity contribution in [2.75, 3.05) is 26.2 Å². The Labute approximate surface area is 142 Å².